The minimum Gasteiger partial charge on any atom is -0.338 e. The predicted molar refractivity (Wildman–Crippen MR) is 87.4 cm³/mol. The number of amides is 1. The van der Waals surface area contributed by atoms with Crippen LogP contribution >= 0.6 is 0 Å². The Morgan fingerprint density at radius 2 is 1.76 bits per heavy atom. The van der Waals surface area contributed by atoms with Crippen LogP contribution in [0.15, 0.2) is 0 Å². The smallest absolute Gasteiger partial charge is 0.229 e. The largest absolute Gasteiger partial charge is 0.338 e. The molecule has 1 amide bonds. The molecule has 122 valence electrons. The van der Waals surface area contributed by atoms with Crippen LogP contribution in [0.4, 0.5) is 0 Å². The fourth-order valence-corrected chi connectivity index (χ4v) is 3.90. The summed E-state index contributed by atoms with van der Waals surface area (Å²) in [5, 5.41) is 3.41. The van der Waals surface area contributed by atoms with Crippen LogP contribution in [0.5, 0.6) is 0 Å². The molecule has 1 saturated carbocycles. The average molecular weight is 295 g/mol. The van der Waals surface area contributed by atoms with Crippen LogP contribution in [0.2, 0.25) is 0 Å². The van der Waals surface area contributed by atoms with Crippen LogP contribution in [-0.2, 0) is 4.79 Å². The van der Waals surface area contributed by atoms with Gasteiger partial charge in [0.1, 0.15) is 0 Å². The number of hydrogen-bond acceptors (Lipinski definition) is 3. The first-order chi connectivity index (χ1) is 10.1. The molecular weight excluding hydrogens is 262 g/mol. The number of piperidine rings is 1. The molecule has 4 heteroatoms. The molecule has 2 fully saturated rings. The highest BCUT2D eigenvalue weighted by molar-refractivity contribution is 5.83. The maximum atomic E-state index is 13.3. The summed E-state index contributed by atoms with van der Waals surface area (Å²) < 4.78 is 0. The Labute approximate surface area is 130 Å². The highest BCUT2D eigenvalue weighted by Gasteiger charge is 2.42. The Bertz CT molecular complexity index is 331. The highest BCUT2D eigenvalue weighted by atomic mass is 16.2. The number of carbonyl (C=O) groups is 1. The first-order valence-corrected chi connectivity index (χ1v) is 8.75. The van der Waals surface area contributed by atoms with Crippen LogP contribution in [0, 0.1) is 5.41 Å². The average Bonchev–Trinajstić information content (AvgIpc) is 3.02. The van der Waals surface area contributed by atoms with Crippen LogP contribution in [-0.4, -0.2) is 62.0 Å². The zero-order chi connectivity index (χ0) is 15.3. The minimum absolute atomic E-state index is 0.0971. The summed E-state index contributed by atoms with van der Waals surface area (Å²) in [7, 11) is 4.19. The van der Waals surface area contributed by atoms with Gasteiger partial charge in [0.15, 0.2) is 0 Å². The summed E-state index contributed by atoms with van der Waals surface area (Å²) in [6, 6.07) is 0.496. The van der Waals surface area contributed by atoms with Gasteiger partial charge in [-0.05, 0) is 59.3 Å². The lowest BCUT2D eigenvalue weighted by Crippen LogP contribution is -2.53. The number of nitrogens with zero attached hydrogens (tertiary/aromatic N) is 2. The third-order valence-corrected chi connectivity index (χ3v) is 5.51. The van der Waals surface area contributed by atoms with Crippen molar-refractivity contribution in [3.8, 4) is 0 Å². The van der Waals surface area contributed by atoms with E-state index in [0.717, 1.165) is 45.4 Å². The lowest BCUT2D eigenvalue weighted by molar-refractivity contribution is -0.146. The number of nitrogens with one attached hydrogen (secondary N) is 1. The van der Waals surface area contributed by atoms with E-state index in [1.165, 1.54) is 25.7 Å². The maximum Gasteiger partial charge on any atom is 0.229 e. The van der Waals surface area contributed by atoms with E-state index in [1.807, 2.05) is 0 Å². The van der Waals surface area contributed by atoms with Gasteiger partial charge in [-0.25, -0.2) is 0 Å². The second-order valence-electron chi connectivity index (χ2n) is 7.12. The molecule has 0 atom stereocenters. The van der Waals surface area contributed by atoms with Gasteiger partial charge in [0.2, 0.25) is 5.91 Å². The highest BCUT2D eigenvalue weighted by Crippen LogP contribution is 2.37. The SMILES string of the molecule is CCC1(C(=O)N(CCN(C)C)C2CCCC2)CCNCC1. The Morgan fingerprint density at radius 1 is 1.14 bits per heavy atom. The topological polar surface area (TPSA) is 35.6 Å². The molecule has 0 bridgehead atoms. The molecule has 0 aromatic rings. The summed E-state index contributed by atoms with van der Waals surface area (Å²) in [5.74, 6) is 0.445. The van der Waals surface area contributed by atoms with Crippen molar-refractivity contribution in [2.75, 3.05) is 40.3 Å². The van der Waals surface area contributed by atoms with Crippen molar-refractivity contribution in [2.24, 2.45) is 5.41 Å². The number of hydrogen-bond donors (Lipinski definition) is 1. The number of rotatable bonds is 6. The molecule has 1 aliphatic heterocycles. The van der Waals surface area contributed by atoms with Gasteiger partial charge in [-0.3, -0.25) is 4.79 Å². The van der Waals surface area contributed by atoms with Crippen molar-refractivity contribution in [3.05, 3.63) is 0 Å². The third-order valence-electron chi connectivity index (χ3n) is 5.51. The van der Waals surface area contributed by atoms with E-state index in [4.69, 9.17) is 0 Å². The quantitative estimate of drug-likeness (QED) is 0.815. The van der Waals surface area contributed by atoms with Gasteiger partial charge in [0.25, 0.3) is 0 Å². The summed E-state index contributed by atoms with van der Waals surface area (Å²) in [6.07, 6.45) is 7.99. The van der Waals surface area contributed by atoms with E-state index in [2.05, 4.69) is 36.1 Å². The molecule has 0 radical (unpaired) electrons. The van der Waals surface area contributed by atoms with Crippen molar-refractivity contribution in [3.63, 3.8) is 0 Å². The zero-order valence-electron chi connectivity index (χ0n) is 14.2. The molecule has 0 unspecified atom stereocenters. The molecule has 1 saturated heterocycles. The van der Waals surface area contributed by atoms with Crippen LogP contribution < -0.4 is 5.32 Å². The minimum atomic E-state index is -0.0971. The molecular formula is C17H33N3O. The molecule has 0 aromatic carbocycles. The first kappa shape index (κ1) is 16.8. The Balaban J connectivity index is 2.11. The monoisotopic (exact) mass is 295 g/mol. The van der Waals surface area contributed by atoms with E-state index in [1.54, 1.807) is 0 Å². The summed E-state index contributed by atoms with van der Waals surface area (Å²) in [6.45, 7) is 6.05. The lowest BCUT2D eigenvalue weighted by atomic mass is 9.75. The zero-order valence-corrected chi connectivity index (χ0v) is 14.2. The molecule has 1 N–H and O–H groups in total. The fraction of sp³-hybridized carbons (Fsp3) is 0.941. The van der Waals surface area contributed by atoms with Crippen LogP contribution in [0.3, 0.4) is 0 Å². The van der Waals surface area contributed by atoms with Crippen molar-refractivity contribution < 1.29 is 4.79 Å². The molecule has 2 aliphatic rings. The van der Waals surface area contributed by atoms with Crippen LogP contribution in [0.25, 0.3) is 0 Å². The van der Waals surface area contributed by atoms with E-state index in [-0.39, 0.29) is 5.41 Å². The Hall–Kier alpha value is -0.610. The molecule has 4 nitrogen and oxygen atoms in total. The van der Waals surface area contributed by atoms with E-state index in [0.29, 0.717) is 11.9 Å². The Kier molecular flexibility index (Phi) is 6.06. The molecule has 1 aliphatic carbocycles. The summed E-state index contributed by atoms with van der Waals surface area (Å²) in [4.78, 5) is 17.8. The van der Waals surface area contributed by atoms with Gasteiger partial charge in [0.05, 0.1) is 5.41 Å². The van der Waals surface area contributed by atoms with E-state index in [9.17, 15) is 4.79 Å². The second kappa shape index (κ2) is 7.59. The third kappa shape index (κ3) is 3.98. The lowest BCUT2D eigenvalue weighted by Gasteiger charge is -2.42. The van der Waals surface area contributed by atoms with Crippen molar-refractivity contribution in [1.82, 2.24) is 15.1 Å². The molecule has 0 aromatic heterocycles. The fourth-order valence-electron chi connectivity index (χ4n) is 3.90. The second-order valence-corrected chi connectivity index (χ2v) is 7.12. The first-order valence-electron chi connectivity index (χ1n) is 8.75. The van der Waals surface area contributed by atoms with Crippen molar-refractivity contribution in [1.29, 1.82) is 0 Å². The van der Waals surface area contributed by atoms with Gasteiger partial charge >= 0.3 is 0 Å². The maximum absolute atomic E-state index is 13.3. The summed E-state index contributed by atoms with van der Waals surface area (Å²) in [5.41, 5.74) is -0.0971. The standard InChI is InChI=1S/C17H33N3O/c1-4-17(9-11-18-12-10-17)16(21)20(14-13-19(2)3)15-7-5-6-8-15/h15,18H,4-14H2,1-3H3. The van der Waals surface area contributed by atoms with E-state index >= 15 is 0 Å². The molecule has 21 heavy (non-hydrogen) atoms. The van der Waals surface area contributed by atoms with Gasteiger partial charge in [-0.15, -0.1) is 0 Å². The predicted octanol–water partition coefficient (Wildman–Crippen LogP) is 2.10. The van der Waals surface area contributed by atoms with Gasteiger partial charge in [0, 0.05) is 19.1 Å². The molecule has 2 rings (SSSR count). The number of carbonyl (C=O) groups excluding carboxylic acids is 1. The van der Waals surface area contributed by atoms with Gasteiger partial charge < -0.3 is 15.1 Å². The van der Waals surface area contributed by atoms with Crippen molar-refractivity contribution >= 4 is 5.91 Å². The van der Waals surface area contributed by atoms with Crippen LogP contribution in [0.1, 0.15) is 51.9 Å². The van der Waals surface area contributed by atoms with Gasteiger partial charge in [-0.2, -0.15) is 0 Å². The number of likely N-dealkylation sites (N-methyl/N-ethyl adjacent to an activating group) is 1. The molecule has 0 spiro atoms. The van der Waals surface area contributed by atoms with Gasteiger partial charge in [-0.1, -0.05) is 19.8 Å². The molecule has 1 heterocycles. The van der Waals surface area contributed by atoms with E-state index < -0.39 is 0 Å². The Morgan fingerprint density at radius 3 is 2.29 bits per heavy atom. The van der Waals surface area contributed by atoms with Crippen molar-refractivity contribution in [2.45, 2.75) is 57.9 Å². The normalized spacial score (nSPS) is 22.7. The summed E-state index contributed by atoms with van der Waals surface area (Å²) >= 11 is 0.